The third kappa shape index (κ3) is 3.70. The van der Waals surface area contributed by atoms with E-state index in [9.17, 15) is 4.79 Å². The molecule has 0 N–H and O–H groups in total. The van der Waals surface area contributed by atoms with E-state index in [4.69, 9.17) is 9.47 Å². The van der Waals surface area contributed by atoms with Crippen LogP contribution in [0.15, 0.2) is 47.6 Å². The van der Waals surface area contributed by atoms with Crippen molar-refractivity contribution in [1.82, 2.24) is 15.2 Å². The predicted molar refractivity (Wildman–Crippen MR) is 116 cm³/mol. The molecule has 4 rings (SSSR count). The van der Waals surface area contributed by atoms with Gasteiger partial charge in [0.25, 0.3) is 0 Å². The topological polar surface area (TPSA) is 77.4 Å². The van der Waals surface area contributed by atoms with E-state index in [0.29, 0.717) is 22.4 Å². The summed E-state index contributed by atoms with van der Waals surface area (Å²) < 4.78 is 11.6. The van der Waals surface area contributed by atoms with Gasteiger partial charge in [-0.2, -0.15) is 4.98 Å². The summed E-state index contributed by atoms with van der Waals surface area (Å²) in [4.78, 5) is 19.0. The first kappa shape index (κ1) is 20.2. The smallest absolute Gasteiger partial charge is 0.247 e. The van der Waals surface area contributed by atoms with Crippen LogP contribution in [-0.4, -0.2) is 34.0 Å². The maximum absolute atomic E-state index is 12.8. The summed E-state index contributed by atoms with van der Waals surface area (Å²) in [5.41, 5.74) is 3.84. The lowest BCUT2D eigenvalue weighted by Gasteiger charge is -2.30. The fourth-order valence-electron chi connectivity index (χ4n) is 3.39. The number of aryl methyl sites for hydroxylation is 1. The zero-order valence-electron chi connectivity index (χ0n) is 17.2. The summed E-state index contributed by atoms with van der Waals surface area (Å²) in [7, 11) is 1.61. The second-order valence-corrected chi connectivity index (χ2v) is 8.07. The molecule has 0 bridgehead atoms. The van der Waals surface area contributed by atoms with Gasteiger partial charge in [-0.3, -0.25) is 9.69 Å². The van der Waals surface area contributed by atoms with Gasteiger partial charge in [0.1, 0.15) is 5.75 Å². The monoisotopic (exact) mass is 422 g/mol. The van der Waals surface area contributed by atoms with Gasteiger partial charge in [0.05, 0.1) is 12.8 Å². The van der Waals surface area contributed by atoms with Crippen LogP contribution in [0.5, 0.6) is 11.6 Å². The maximum atomic E-state index is 12.8. The molecule has 1 aromatic heterocycles. The molecule has 0 aliphatic carbocycles. The van der Waals surface area contributed by atoms with Crippen molar-refractivity contribution >= 4 is 23.4 Å². The van der Waals surface area contributed by atoms with E-state index in [0.717, 1.165) is 28.2 Å². The molecule has 1 amide bonds. The van der Waals surface area contributed by atoms with Crippen LogP contribution < -0.4 is 14.4 Å². The number of hydrogen-bond donors (Lipinski definition) is 0. The van der Waals surface area contributed by atoms with Crippen molar-refractivity contribution in [2.45, 2.75) is 32.2 Å². The molecule has 1 atom stereocenters. The largest absolute Gasteiger partial charge is 0.497 e. The fourth-order valence-corrected chi connectivity index (χ4v) is 3.90. The SMILES string of the molecule is CCSc1nnc2c(n1)OC(c1ccc(OC)cc1)N(C(C)=O)c1ccc(C)cc1-2. The fraction of sp³-hybridized carbons (Fsp3) is 0.273. The number of benzene rings is 2. The molecule has 0 spiro atoms. The van der Waals surface area contributed by atoms with Crippen molar-refractivity contribution < 1.29 is 14.3 Å². The van der Waals surface area contributed by atoms with Gasteiger partial charge in [-0.1, -0.05) is 30.3 Å². The van der Waals surface area contributed by atoms with Crippen LogP contribution in [-0.2, 0) is 4.79 Å². The minimum atomic E-state index is -0.702. The average molecular weight is 423 g/mol. The molecule has 154 valence electrons. The van der Waals surface area contributed by atoms with Gasteiger partial charge in [0.2, 0.25) is 23.2 Å². The second-order valence-electron chi connectivity index (χ2n) is 6.83. The van der Waals surface area contributed by atoms with Gasteiger partial charge < -0.3 is 9.47 Å². The molecular weight excluding hydrogens is 400 g/mol. The molecule has 1 aliphatic rings. The van der Waals surface area contributed by atoms with E-state index >= 15 is 0 Å². The number of carbonyl (C=O) groups excluding carboxylic acids is 1. The molecule has 1 aliphatic heterocycles. The normalized spacial score (nSPS) is 14.9. The van der Waals surface area contributed by atoms with Crippen molar-refractivity contribution in [2.75, 3.05) is 17.8 Å². The summed E-state index contributed by atoms with van der Waals surface area (Å²) in [5, 5.41) is 9.19. The highest BCUT2D eigenvalue weighted by Crippen LogP contribution is 2.43. The predicted octanol–water partition coefficient (Wildman–Crippen LogP) is 4.41. The number of hydrogen-bond acceptors (Lipinski definition) is 7. The molecule has 2 aromatic carbocycles. The Hall–Kier alpha value is -3.13. The summed E-state index contributed by atoms with van der Waals surface area (Å²) in [6.07, 6.45) is -0.702. The lowest BCUT2D eigenvalue weighted by atomic mass is 10.0. The molecule has 8 heteroatoms. The molecule has 30 heavy (non-hydrogen) atoms. The van der Waals surface area contributed by atoms with Crippen LogP contribution in [0.1, 0.15) is 31.2 Å². The van der Waals surface area contributed by atoms with E-state index in [1.54, 1.807) is 12.0 Å². The third-order valence-electron chi connectivity index (χ3n) is 4.77. The Bertz CT molecular complexity index is 1090. The zero-order valence-corrected chi connectivity index (χ0v) is 18.1. The van der Waals surface area contributed by atoms with Crippen LogP contribution in [0, 0.1) is 6.92 Å². The number of ether oxygens (including phenoxy) is 2. The molecule has 0 saturated carbocycles. The third-order valence-corrected chi connectivity index (χ3v) is 5.49. The summed E-state index contributed by atoms with van der Waals surface area (Å²) in [6.45, 7) is 5.54. The number of thioether (sulfide) groups is 1. The first-order valence-corrected chi connectivity index (χ1v) is 10.6. The highest BCUT2D eigenvalue weighted by Gasteiger charge is 2.34. The van der Waals surface area contributed by atoms with Crippen molar-refractivity contribution in [2.24, 2.45) is 0 Å². The molecule has 0 saturated heterocycles. The highest BCUT2D eigenvalue weighted by molar-refractivity contribution is 7.99. The Kier molecular flexibility index (Phi) is 5.59. The Morgan fingerprint density at radius 3 is 2.63 bits per heavy atom. The van der Waals surface area contributed by atoms with Crippen LogP contribution in [0.2, 0.25) is 0 Å². The van der Waals surface area contributed by atoms with Crippen molar-refractivity contribution in [1.29, 1.82) is 0 Å². The van der Waals surface area contributed by atoms with E-state index in [1.807, 2.05) is 56.3 Å². The van der Waals surface area contributed by atoms with Gasteiger partial charge in [-0.15, -0.1) is 10.2 Å². The maximum Gasteiger partial charge on any atom is 0.247 e. The van der Waals surface area contributed by atoms with Gasteiger partial charge in [-0.05, 0) is 49.1 Å². The molecule has 7 nitrogen and oxygen atoms in total. The Morgan fingerprint density at radius 1 is 1.20 bits per heavy atom. The Labute approximate surface area is 179 Å². The van der Waals surface area contributed by atoms with Crippen molar-refractivity contribution in [3.8, 4) is 22.9 Å². The number of methoxy groups -OCH3 is 1. The number of rotatable bonds is 4. The number of nitrogens with zero attached hydrogens (tertiary/aromatic N) is 4. The lowest BCUT2D eigenvalue weighted by Crippen LogP contribution is -2.36. The minimum Gasteiger partial charge on any atom is -0.497 e. The van der Waals surface area contributed by atoms with Gasteiger partial charge in [0.15, 0.2) is 5.69 Å². The average Bonchev–Trinajstić information content (AvgIpc) is 2.88. The molecule has 1 unspecified atom stereocenters. The Balaban J connectivity index is 1.93. The van der Waals surface area contributed by atoms with Crippen LogP contribution in [0.3, 0.4) is 0 Å². The van der Waals surface area contributed by atoms with Crippen LogP contribution in [0.4, 0.5) is 5.69 Å². The van der Waals surface area contributed by atoms with E-state index in [2.05, 4.69) is 15.2 Å². The van der Waals surface area contributed by atoms with Gasteiger partial charge in [0, 0.05) is 18.1 Å². The standard InChI is InChI=1S/C22H22N4O3S/c1-5-30-22-23-20-19(24-25-22)17-12-13(2)6-11-18(17)26(14(3)27)21(29-20)15-7-9-16(28-4)10-8-15/h6-12,21H,5H2,1-4H3. The molecule has 0 fully saturated rings. The van der Waals surface area contributed by atoms with Crippen LogP contribution in [0.25, 0.3) is 11.3 Å². The zero-order chi connectivity index (χ0) is 21.3. The lowest BCUT2D eigenvalue weighted by molar-refractivity contribution is -0.118. The quantitative estimate of drug-likeness (QED) is 0.576. The molecule has 3 aromatic rings. The van der Waals surface area contributed by atoms with E-state index in [-0.39, 0.29) is 5.91 Å². The number of amides is 1. The van der Waals surface area contributed by atoms with Crippen molar-refractivity contribution in [3.63, 3.8) is 0 Å². The molecule has 2 heterocycles. The van der Waals surface area contributed by atoms with Crippen molar-refractivity contribution in [3.05, 3.63) is 53.6 Å². The number of carbonyl (C=O) groups is 1. The first-order chi connectivity index (χ1) is 14.5. The Morgan fingerprint density at radius 2 is 1.97 bits per heavy atom. The summed E-state index contributed by atoms with van der Waals surface area (Å²) in [5.74, 6) is 1.75. The summed E-state index contributed by atoms with van der Waals surface area (Å²) >= 11 is 1.49. The first-order valence-electron chi connectivity index (χ1n) is 9.60. The molecule has 0 radical (unpaired) electrons. The number of anilines is 1. The van der Waals surface area contributed by atoms with Gasteiger partial charge >= 0.3 is 0 Å². The second kappa shape index (κ2) is 8.31. The van der Waals surface area contributed by atoms with Crippen LogP contribution >= 0.6 is 11.8 Å². The molecular formula is C22H22N4O3S. The van der Waals surface area contributed by atoms with Gasteiger partial charge in [-0.25, -0.2) is 0 Å². The number of fused-ring (bicyclic) bond motifs is 3. The highest BCUT2D eigenvalue weighted by atomic mass is 32.2. The van der Waals surface area contributed by atoms with E-state index in [1.165, 1.54) is 18.7 Å². The number of aromatic nitrogens is 3. The minimum absolute atomic E-state index is 0.148. The van der Waals surface area contributed by atoms with E-state index < -0.39 is 6.23 Å². The summed E-state index contributed by atoms with van der Waals surface area (Å²) in [6, 6.07) is 13.3.